The second-order valence-corrected chi connectivity index (χ2v) is 6.09. The van der Waals surface area contributed by atoms with Crippen LogP contribution in [-0.4, -0.2) is 23.9 Å². The van der Waals surface area contributed by atoms with Crippen LogP contribution in [0, 0.1) is 0 Å². The predicted molar refractivity (Wildman–Crippen MR) is 78.4 cm³/mol. The molecule has 0 heterocycles. The first-order valence-electron chi connectivity index (χ1n) is 7.39. The highest BCUT2D eigenvalue weighted by Gasteiger charge is 2.40. The van der Waals surface area contributed by atoms with Crippen LogP contribution in [0.2, 0.25) is 0 Å². The fraction of sp³-hybridized carbons (Fsp3) is 0.647. The zero-order chi connectivity index (χ0) is 13.9. The van der Waals surface area contributed by atoms with Gasteiger partial charge < -0.3 is 9.84 Å². The minimum absolute atomic E-state index is 0.309. The normalized spacial score (nSPS) is 19.8. The topological polar surface area (TPSA) is 29.5 Å². The van der Waals surface area contributed by atoms with Crippen molar-refractivity contribution in [1.82, 2.24) is 0 Å². The monoisotopic (exact) mass is 262 g/mol. The van der Waals surface area contributed by atoms with E-state index in [4.69, 9.17) is 4.74 Å². The summed E-state index contributed by atoms with van der Waals surface area (Å²) in [5, 5.41) is 10.5. The zero-order valence-electron chi connectivity index (χ0n) is 12.4. The molecule has 1 atom stereocenters. The summed E-state index contributed by atoms with van der Waals surface area (Å²) in [7, 11) is 1.73. The van der Waals surface area contributed by atoms with Crippen molar-refractivity contribution in [2.24, 2.45) is 0 Å². The van der Waals surface area contributed by atoms with Crippen molar-refractivity contribution in [1.29, 1.82) is 0 Å². The number of hydrogen-bond donors (Lipinski definition) is 1. The zero-order valence-corrected chi connectivity index (χ0v) is 12.4. The van der Waals surface area contributed by atoms with Gasteiger partial charge in [0, 0.05) is 13.5 Å². The number of aliphatic hydroxyl groups excluding tert-OH is 1. The van der Waals surface area contributed by atoms with E-state index in [1.807, 2.05) is 0 Å². The Morgan fingerprint density at radius 1 is 1.16 bits per heavy atom. The van der Waals surface area contributed by atoms with E-state index in [0.29, 0.717) is 12.3 Å². The van der Waals surface area contributed by atoms with E-state index < -0.39 is 6.10 Å². The molecule has 0 saturated heterocycles. The second kappa shape index (κ2) is 6.06. The Hall–Kier alpha value is -0.860. The van der Waals surface area contributed by atoms with Gasteiger partial charge in [0.2, 0.25) is 0 Å². The molecule has 1 aromatic carbocycles. The van der Waals surface area contributed by atoms with Crippen LogP contribution in [0.15, 0.2) is 24.3 Å². The van der Waals surface area contributed by atoms with E-state index in [9.17, 15) is 5.11 Å². The first kappa shape index (κ1) is 14.5. The predicted octanol–water partition coefficient (Wildman–Crippen LogP) is 3.67. The van der Waals surface area contributed by atoms with Gasteiger partial charge in [-0.2, -0.15) is 0 Å². The maximum absolute atomic E-state index is 10.5. The number of benzene rings is 1. The van der Waals surface area contributed by atoms with Gasteiger partial charge in [-0.3, -0.25) is 0 Å². The molecular formula is C17H26O2. The SMILES string of the molecule is COC1(C(O)Cc2ccc(C(C)C)cc2)CCCC1. The van der Waals surface area contributed by atoms with Crippen LogP contribution in [0.25, 0.3) is 0 Å². The Morgan fingerprint density at radius 3 is 2.21 bits per heavy atom. The largest absolute Gasteiger partial charge is 0.390 e. The third kappa shape index (κ3) is 3.18. The molecule has 0 aromatic heterocycles. The number of rotatable bonds is 5. The van der Waals surface area contributed by atoms with Gasteiger partial charge in [-0.05, 0) is 29.9 Å². The van der Waals surface area contributed by atoms with Crippen molar-refractivity contribution in [2.75, 3.05) is 7.11 Å². The van der Waals surface area contributed by atoms with Crippen molar-refractivity contribution in [2.45, 2.75) is 63.6 Å². The molecule has 1 aliphatic rings. The van der Waals surface area contributed by atoms with Gasteiger partial charge in [0.25, 0.3) is 0 Å². The molecule has 1 aliphatic carbocycles. The average Bonchev–Trinajstić information content (AvgIpc) is 2.89. The van der Waals surface area contributed by atoms with Gasteiger partial charge in [0.1, 0.15) is 0 Å². The summed E-state index contributed by atoms with van der Waals surface area (Å²) in [6.07, 6.45) is 4.58. The minimum Gasteiger partial charge on any atom is -0.390 e. The van der Waals surface area contributed by atoms with E-state index >= 15 is 0 Å². The molecule has 2 rings (SSSR count). The van der Waals surface area contributed by atoms with Crippen LogP contribution >= 0.6 is 0 Å². The number of hydrogen-bond acceptors (Lipinski definition) is 2. The number of aliphatic hydroxyl groups is 1. The van der Waals surface area contributed by atoms with Gasteiger partial charge in [-0.1, -0.05) is 51.0 Å². The lowest BCUT2D eigenvalue weighted by atomic mass is 9.89. The summed E-state index contributed by atoms with van der Waals surface area (Å²) in [5.74, 6) is 0.555. The third-order valence-corrected chi connectivity index (χ3v) is 4.54. The van der Waals surface area contributed by atoms with Crippen LogP contribution in [0.3, 0.4) is 0 Å². The fourth-order valence-electron chi connectivity index (χ4n) is 3.09. The fourth-order valence-corrected chi connectivity index (χ4v) is 3.09. The Balaban J connectivity index is 2.03. The summed E-state index contributed by atoms with van der Waals surface area (Å²) in [5.41, 5.74) is 2.23. The van der Waals surface area contributed by atoms with E-state index in [0.717, 1.165) is 25.7 Å². The molecule has 0 spiro atoms. The first-order chi connectivity index (χ1) is 9.07. The molecule has 1 N–H and O–H groups in total. The summed E-state index contributed by atoms with van der Waals surface area (Å²) >= 11 is 0. The third-order valence-electron chi connectivity index (χ3n) is 4.54. The Morgan fingerprint density at radius 2 is 1.74 bits per heavy atom. The van der Waals surface area contributed by atoms with Crippen LogP contribution in [0.5, 0.6) is 0 Å². The van der Waals surface area contributed by atoms with E-state index in [2.05, 4.69) is 38.1 Å². The summed E-state index contributed by atoms with van der Waals surface area (Å²) < 4.78 is 5.64. The van der Waals surface area contributed by atoms with Gasteiger partial charge in [0.15, 0.2) is 0 Å². The van der Waals surface area contributed by atoms with Crippen molar-refractivity contribution in [3.8, 4) is 0 Å². The second-order valence-electron chi connectivity index (χ2n) is 6.09. The maximum Gasteiger partial charge on any atom is 0.0939 e. The molecule has 2 nitrogen and oxygen atoms in total. The van der Waals surface area contributed by atoms with Crippen LogP contribution < -0.4 is 0 Å². The van der Waals surface area contributed by atoms with E-state index in [1.165, 1.54) is 11.1 Å². The molecule has 1 aromatic rings. The van der Waals surface area contributed by atoms with Crippen molar-refractivity contribution in [3.63, 3.8) is 0 Å². The van der Waals surface area contributed by atoms with E-state index in [-0.39, 0.29) is 5.60 Å². The van der Waals surface area contributed by atoms with Crippen molar-refractivity contribution < 1.29 is 9.84 Å². The Labute approximate surface area is 116 Å². The molecule has 0 aliphatic heterocycles. The molecule has 0 radical (unpaired) electrons. The summed E-state index contributed by atoms with van der Waals surface area (Å²) in [6, 6.07) is 8.61. The van der Waals surface area contributed by atoms with E-state index in [1.54, 1.807) is 7.11 Å². The van der Waals surface area contributed by atoms with Crippen LogP contribution in [0.4, 0.5) is 0 Å². The molecule has 106 valence electrons. The highest BCUT2D eigenvalue weighted by Crippen LogP contribution is 2.36. The average molecular weight is 262 g/mol. The first-order valence-corrected chi connectivity index (χ1v) is 7.39. The lowest BCUT2D eigenvalue weighted by Crippen LogP contribution is -2.42. The number of methoxy groups -OCH3 is 1. The molecule has 1 unspecified atom stereocenters. The molecule has 2 heteroatoms. The molecular weight excluding hydrogens is 236 g/mol. The highest BCUT2D eigenvalue weighted by molar-refractivity contribution is 5.25. The quantitative estimate of drug-likeness (QED) is 0.877. The van der Waals surface area contributed by atoms with Gasteiger partial charge in [-0.15, -0.1) is 0 Å². The van der Waals surface area contributed by atoms with Crippen LogP contribution in [-0.2, 0) is 11.2 Å². The Kier molecular flexibility index (Phi) is 4.64. The summed E-state index contributed by atoms with van der Waals surface area (Å²) in [6.45, 7) is 4.39. The smallest absolute Gasteiger partial charge is 0.0939 e. The molecule has 19 heavy (non-hydrogen) atoms. The molecule has 1 fully saturated rings. The maximum atomic E-state index is 10.5. The Bertz CT molecular complexity index is 388. The van der Waals surface area contributed by atoms with Gasteiger partial charge in [0.05, 0.1) is 11.7 Å². The summed E-state index contributed by atoms with van der Waals surface area (Å²) in [4.78, 5) is 0. The molecule has 0 bridgehead atoms. The molecule has 1 saturated carbocycles. The van der Waals surface area contributed by atoms with Crippen LogP contribution in [0.1, 0.15) is 56.6 Å². The lowest BCUT2D eigenvalue weighted by Gasteiger charge is -2.33. The highest BCUT2D eigenvalue weighted by atomic mass is 16.5. The number of ether oxygens (including phenoxy) is 1. The van der Waals surface area contributed by atoms with Gasteiger partial charge in [-0.25, -0.2) is 0 Å². The standard InChI is InChI=1S/C17H26O2/c1-13(2)15-8-6-14(7-9-15)12-16(18)17(19-3)10-4-5-11-17/h6-9,13,16,18H,4-5,10-12H2,1-3H3. The lowest BCUT2D eigenvalue weighted by molar-refractivity contribution is -0.0971. The molecule has 0 amide bonds. The van der Waals surface area contributed by atoms with Crippen molar-refractivity contribution >= 4 is 0 Å². The minimum atomic E-state index is -0.398. The van der Waals surface area contributed by atoms with Gasteiger partial charge >= 0.3 is 0 Å². The van der Waals surface area contributed by atoms with Crippen molar-refractivity contribution in [3.05, 3.63) is 35.4 Å².